The van der Waals surface area contributed by atoms with Crippen LogP contribution in [-0.2, 0) is 14.6 Å². The number of anilines is 1. The molecule has 1 N–H and O–H groups in total. The van der Waals surface area contributed by atoms with Crippen LogP contribution in [-0.4, -0.2) is 69.1 Å². The molecular formula is C26H32N4O4S. The van der Waals surface area contributed by atoms with E-state index in [0.717, 1.165) is 17.6 Å². The fourth-order valence-corrected chi connectivity index (χ4v) is 6.20. The molecular weight excluding hydrogens is 464 g/mol. The lowest BCUT2D eigenvalue weighted by atomic mass is 9.89. The first-order chi connectivity index (χ1) is 16.6. The number of piperazine rings is 1. The Kier molecular flexibility index (Phi) is 6.07. The molecule has 2 atom stereocenters. The predicted molar refractivity (Wildman–Crippen MR) is 134 cm³/mol. The number of aromatic nitrogens is 1. The number of nitrogens with zero attached hydrogens (tertiary/aromatic N) is 3. The summed E-state index contributed by atoms with van der Waals surface area (Å²) in [7, 11) is -3.67. The van der Waals surface area contributed by atoms with E-state index in [0.29, 0.717) is 44.2 Å². The normalized spacial score (nSPS) is 22.9. The van der Waals surface area contributed by atoms with Gasteiger partial charge < -0.3 is 15.1 Å². The zero-order chi connectivity index (χ0) is 24.9. The van der Waals surface area contributed by atoms with E-state index >= 15 is 0 Å². The van der Waals surface area contributed by atoms with Gasteiger partial charge in [-0.3, -0.25) is 9.59 Å². The number of carbonyl (C=O) groups excluding carboxylic acids is 2. The Morgan fingerprint density at radius 1 is 1.09 bits per heavy atom. The number of benzene rings is 1. The van der Waals surface area contributed by atoms with E-state index in [9.17, 15) is 18.0 Å². The smallest absolute Gasteiger partial charge is 0.255 e. The number of aryl methyl sites for hydroxylation is 1. The van der Waals surface area contributed by atoms with E-state index in [1.54, 1.807) is 17.0 Å². The van der Waals surface area contributed by atoms with Crippen LogP contribution < -0.4 is 10.2 Å². The van der Waals surface area contributed by atoms with E-state index in [-0.39, 0.29) is 28.2 Å². The molecule has 1 aromatic carbocycles. The summed E-state index contributed by atoms with van der Waals surface area (Å²) in [5.41, 5.74) is 3.25. The van der Waals surface area contributed by atoms with E-state index in [2.05, 4.69) is 23.2 Å². The summed E-state index contributed by atoms with van der Waals surface area (Å²) in [5, 5.41) is 2.82. The van der Waals surface area contributed by atoms with Crippen molar-refractivity contribution in [3.05, 3.63) is 52.7 Å². The number of sulfone groups is 1. The van der Waals surface area contributed by atoms with Crippen molar-refractivity contribution in [2.24, 2.45) is 5.92 Å². The average molecular weight is 497 g/mol. The highest BCUT2D eigenvalue weighted by atomic mass is 32.2. The second-order valence-corrected chi connectivity index (χ2v) is 12.2. The second kappa shape index (κ2) is 8.93. The van der Waals surface area contributed by atoms with E-state index < -0.39 is 15.8 Å². The van der Waals surface area contributed by atoms with Gasteiger partial charge >= 0.3 is 0 Å². The van der Waals surface area contributed by atoms with Crippen LogP contribution in [0.2, 0.25) is 0 Å². The maximum Gasteiger partial charge on any atom is 0.255 e. The lowest BCUT2D eigenvalue weighted by molar-refractivity contribution is -0.120. The van der Waals surface area contributed by atoms with Gasteiger partial charge in [0, 0.05) is 45.2 Å². The van der Waals surface area contributed by atoms with E-state index in [1.165, 1.54) is 24.5 Å². The van der Waals surface area contributed by atoms with Gasteiger partial charge in [-0.2, -0.15) is 0 Å². The Morgan fingerprint density at radius 2 is 1.80 bits per heavy atom. The number of carbonyl (C=O) groups is 2. The topological polar surface area (TPSA) is 99.7 Å². The van der Waals surface area contributed by atoms with Gasteiger partial charge in [0.05, 0.1) is 16.4 Å². The minimum absolute atomic E-state index is 0.0116. The van der Waals surface area contributed by atoms with Gasteiger partial charge in [-0.05, 0) is 60.4 Å². The molecule has 3 fully saturated rings. The van der Waals surface area contributed by atoms with Crippen LogP contribution in [0.15, 0.2) is 35.4 Å². The molecule has 186 valence electrons. The molecule has 5 rings (SSSR count). The highest BCUT2D eigenvalue weighted by Gasteiger charge is 2.35. The summed E-state index contributed by atoms with van der Waals surface area (Å²) >= 11 is 0. The van der Waals surface area contributed by atoms with Crippen LogP contribution in [0, 0.1) is 12.8 Å². The van der Waals surface area contributed by atoms with Crippen LogP contribution in [0.3, 0.4) is 0 Å². The molecule has 0 bridgehead atoms. The minimum Gasteiger partial charge on any atom is -0.355 e. The second-order valence-electron chi connectivity index (χ2n) is 10.2. The lowest BCUT2D eigenvalue weighted by Gasteiger charge is -2.36. The average Bonchev–Trinajstić information content (AvgIpc) is 3.62. The van der Waals surface area contributed by atoms with Gasteiger partial charge in [0.15, 0.2) is 9.84 Å². The quantitative estimate of drug-likeness (QED) is 0.683. The molecule has 9 heteroatoms. The molecule has 1 aliphatic carbocycles. The molecule has 2 amide bonds. The van der Waals surface area contributed by atoms with Gasteiger partial charge in [-0.15, -0.1) is 0 Å². The molecule has 2 aliphatic heterocycles. The van der Waals surface area contributed by atoms with Crippen LogP contribution in [0.5, 0.6) is 0 Å². The Hall–Kier alpha value is -2.94. The van der Waals surface area contributed by atoms with Crippen LogP contribution in [0.1, 0.15) is 58.6 Å². The summed E-state index contributed by atoms with van der Waals surface area (Å²) in [6.45, 7) is 6.83. The largest absolute Gasteiger partial charge is 0.355 e. The first-order valence-electron chi connectivity index (χ1n) is 12.3. The molecule has 3 aliphatic rings. The lowest BCUT2D eigenvalue weighted by Crippen LogP contribution is -2.49. The molecule has 35 heavy (non-hydrogen) atoms. The third-order valence-electron chi connectivity index (χ3n) is 7.43. The Labute approximate surface area is 206 Å². The summed E-state index contributed by atoms with van der Waals surface area (Å²) in [6.07, 6.45) is 5.57. The number of hydrogen-bond acceptors (Lipinski definition) is 6. The van der Waals surface area contributed by atoms with Crippen molar-refractivity contribution in [1.29, 1.82) is 0 Å². The van der Waals surface area contributed by atoms with E-state index in [1.807, 2.05) is 13.1 Å². The molecule has 0 spiro atoms. The fourth-order valence-electron chi connectivity index (χ4n) is 5.30. The molecule has 0 radical (unpaired) electrons. The van der Waals surface area contributed by atoms with Crippen molar-refractivity contribution in [3.63, 3.8) is 0 Å². The monoisotopic (exact) mass is 496 g/mol. The van der Waals surface area contributed by atoms with Crippen molar-refractivity contribution in [3.8, 4) is 0 Å². The number of rotatable bonds is 5. The Balaban J connectivity index is 1.34. The summed E-state index contributed by atoms with van der Waals surface area (Å²) in [4.78, 5) is 34.3. The fraction of sp³-hybridized carbons (Fsp3) is 0.500. The van der Waals surface area contributed by atoms with Crippen molar-refractivity contribution in [2.45, 2.75) is 43.4 Å². The first-order valence-corrected chi connectivity index (χ1v) is 14.1. The third kappa shape index (κ3) is 4.66. The summed E-state index contributed by atoms with van der Waals surface area (Å²) in [5.74, 6) is 0.846. The minimum atomic E-state index is -3.67. The molecule has 1 unspecified atom stereocenters. The SMILES string of the molecule is Cc1cc(C2CC2)cnc1N1CCN(C(=O)c2ccc([C@@H]3C(=O)NCC3C)cc2S(C)(=O)=O)CC1. The summed E-state index contributed by atoms with van der Waals surface area (Å²) in [6, 6.07) is 7.03. The number of amides is 2. The Morgan fingerprint density at radius 3 is 2.37 bits per heavy atom. The molecule has 1 saturated carbocycles. The highest BCUT2D eigenvalue weighted by Crippen LogP contribution is 2.40. The number of nitrogens with one attached hydrogen (secondary N) is 1. The van der Waals surface area contributed by atoms with Crippen LogP contribution >= 0.6 is 0 Å². The standard InChI is InChI=1S/C26H32N4O4S/c1-16-12-20(18-4-5-18)15-27-24(16)29-8-10-30(11-9-29)26(32)21-7-6-19(13-22(21)35(3,33)34)23-17(2)14-28-25(23)31/h6-7,12-13,15,17-18,23H,4-5,8-11,14H2,1-3H3,(H,28,31)/t17?,23-/m1/s1. The Bertz CT molecular complexity index is 1280. The maximum atomic E-state index is 13.4. The highest BCUT2D eigenvalue weighted by molar-refractivity contribution is 7.90. The van der Waals surface area contributed by atoms with E-state index in [4.69, 9.17) is 4.98 Å². The van der Waals surface area contributed by atoms with Crippen molar-refractivity contribution in [2.75, 3.05) is 43.9 Å². The number of pyridine rings is 1. The zero-order valence-electron chi connectivity index (χ0n) is 20.5. The zero-order valence-corrected chi connectivity index (χ0v) is 21.3. The molecule has 1 aromatic heterocycles. The summed E-state index contributed by atoms with van der Waals surface area (Å²) < 4.78 is 25.3. The van der Waals surface area contributed by atoms with Gasteiger partial charge in [-0.25, -0.2) is 13.4 Å². The maximum absolute atomic E-state index is 13.4. The van der Waals surface area contributed by atoms with Gasteiger partial charge in [0.1, 0.15) is 5.82 Å². The van der Waals surface area contributed by atoms with Crippen LogP contribution in [0.25, 0.3) is 0 Å². The van der Waals surface area contributed by atoms with Crippen molar-refractivity contribution < 1.29 is 18.0 Å². The molecule has 2 aromatic rings. The third-order valence-corrected chi connectivity index (χ3v) is 8.57. The molecule has 2 saturated heterocycles. The molecule has 8 nitrogen and oxygen atoms in total. The van der Waals surface area contributed by atoms with Crippen LogP contribution in [0.4, 0.5) is 5.82 Å². The van der Waals surface area contributed by atoms with Crippen molar-refractivity contribution in [1.82, 2.24) is 15.2 Å². The van der Waals surface area contributed by atoms with Gasteiger partial charge in [-0.1, -0.05) is 19.1 Å². The first kappa shape index (κ1) is 23.8. The van der Waals surface area contributed by atoms with Gasteiger partial charge in [0.2, 0.25) is 5.91 Å². The molecule has 3 heterocycles. The number of hydrogen-bond donors (Lipinski definition) is 1. The van der Waals surface area contributed by atoms with Crippen molar-refractivity contribution >= 4 is 27.5 Å². The van der Waals surface area contributed by atoms with Gasteiger partial charge in [0.25, 0.3) is 5.91 Å². The predicted octanol–water partition coefficient (Wildman–Crippen LogP) is 2.48.